The van der Waals surface area contributed by atoms with Gasteiger partial charge < -0.3 is 5.32 Å². The van der Waals surface area contributed by atoms with Crippen LogP contribution in [0.2, 0.25) is 0 Å². The van der Waals surface area contributed by atoms with Crippen molar-refractivity contribution in [2.75, 3.05) is 5.32 Å². The molecule has 2 nitrogen and oxygen atoms in total. The Hall–Kier alpha value is -3.13. The van der Waals surface area contributed by atoms with Crippen molar-refractivity contribution in [3.05, 3.63) is 106 Å². The van der Waals surface area contributed by atoms with Gasteiger partial charge in [-0.15, -0.1) is 0 Å². The minimum atomic E-state index is 0.133. The third-order valence-electron chi connectivity index (χ3n) is 6.62. The van der Waals surface area contributed by atoms with Gasteiger partial charge in [-0.05, 0) is 78.0 Å². The molecule has 39 heavy (non-hydrogen) atoms. The first kappa shape index (κ1) is 33.9. The van der Waals surface area contributed by atoms with E-state index in [1.54, 1.807) is 0 Å². The smallest absolute Gasteiger partial charge is 0.134 e. The van der Waals surface area contributed by atoms with Gasteiger partial charge >= 0.3 is 0 Å². The zero-order chi connectivity index (χ0) is 29.6. The third kappa shape index (κ3) is 9.84. The molecule has 0 bridgehead atoms. The molecular formula is C37H54N2. The van der Waals surface area contributed by atoms with Crippen LogP contribution in [-0.4, -0.2) is 4.98 Å². The number of nitrogens with zero attached hydrogens (tertiary/aromatic N) is 1. The number of aryl methyl sites for hydroxylation is 2. The van der Waals surface area contributed by atoms with Gasteiger partial charge in [0.1, 0.15) is 5.82 Å². The molecule has 3 aromatic rings. The van der Waals surface area contributed by atoms with Crippen LogP contribution in [0.4, 0.5) is 5.82 Å². The second-order valence-electron chi connectivity index (χ2n) is 10.5. The lowest BCUT2D eigenvalue weighted by atomic mass is 9.85. The van der Waals surface area contributed by atoms with Crippen molar-refractivity contribution in [1.29, 1.82) is 0 Å². The van der Waals surface area contributed by atoms with Crippen LogP contribution in [0, 0.1) is 6.92 Å². The van der Waals surface area contributed by atoms with Crippen LogP contribution in [-0.2, 0) is 18.3 Å². The molecule has 2 heteroatoms. The van der Waals surface area contributed by atoms with Gasteiger partial charge in [-0.25, -0.2) is 4.98 Å². The predicted molar refractivity (Wildman–Crippen MR) is 177 cm³/mol. The molecule has 0 radical (unpaired) electrons. The Morgan fingerprint density at radius 1 is 0.974 bits per heavy atom. The lowest BCUT2D eigenvalue weighted by Gasteiger charge is -2.23. The van der Waals surface area contributed by atoms with Crippen molar-refractivity contribution in [3.63, 3.8) is 0 Å². The maximum atomic E-state index is 5.08. The number of allylic oxidation sites excluding steroid dienone is 2. The highest BCUT2D eigenvalue weighted by Crippen LogP contribution is 2.33. The molecule has 1 unspecified atom stereocenters. The number of benzene rings is 2. The highest BCUT2D eigenvalue weighted by atomic mass is 15.0. The maximum Gasteiger partial charge on any atom is 0.134 e. The zero-order valence-electron chi connectivity index (χ0n) is 26.7. The highest BCUT2D eigenvalue weighted by molar-refractivity contribution is 5.78. The SMILES string of the molecule is C=Cc1ccc(C(C)Nc2nc(CC)cc(C)c2/C(=C\CC)Cc2cccc(C(C)(C)C)c2)cc1.CC.CC. The van der Waals surface area contributed by atoms with Crippen LogP contribution in [0.15, 0.2) is 67.3 Å². The normalized spacial score (nSPS) is 11.9. The average Bonchev–Trinajstić information content (AvgIpc) is 2.94. The van der Waals surface area contributed by atoms with Crippen LogP contribution in [0.25, 0.3) is 11.6 Å². The Labute approximate surface area is 240 Å². The molecule has 1 atom stereocenters. The van der Waals surface area contributed by atoms with Gasteiger partial charge in [-0.2, -0.15) is 0 Å². The number of anilines is 1. The summed E-state index contributed by atoms with van der Waals surface area (Å²) in [7, 11) is 0. The Balaban J connectivity index is 0.00000181. The van der Waals surface area contributed by atoms with Crippen molar-refractivity contribution >= 4 is 17.5 Å². The first-order valence-electron chi connectivity index (χ1n) is 14.9. The largest absolute Gasteiger partial charge is 0.363 e. The van der Waals surface area contributed by atoms with Crippen LogP contribution in [0.5, 0.6) is 0 Å². The molecule has 1 heterocycles. The summed E-state index contributed by atoms with van der Waals surface area (Å²) < 4.78 is 0. The van der Waals surface area contributed by atoms with E-state index in [4.69, 9.17) is 4.98 Å². The first-order valence-corrected chi connectivity index (χ1v) is 14.9. The van der Waals surface area contributed by atoms with E-state index in [-0.39, 0.29) is 11.5 Å². The summed E-state index contributed by atoms with van der Waals surface area (Å²) in [5.41, 5.74) is 10.2. The summed E-state index contributed by atoms with van der Waals surface area (Å²) in [5, 5.41) is 3.76. The minimum absolute atomic E-state index is 0.133. The van der Waals surface area contributed by atoms with Crippen molar-refractivity contribution in [2.24, 2.45) is 0 Å². The molecule has 0 fully saturated rings. The fourth-order valence-corrected chi connectivity index (χ4v) is 4.52. The quantitative estimate of drug-likeness (QED) is 0.300. The molecule has 0 aliphatic rings. The number of aromatic nitrogens is 1. The van der Waals surface area contributed by atoms with Crippen LogP contribution >= 0.6 is 0 Å². The lowest BCUT2D eigenvalue weighted by Crippen LogP contribution is -2.13. The van der Waals surface area contributed by atoms with E-state index in [0.29, 0.717) is 0 Å². The molecule has 0 saturated carbocycles. The van der Waals surface area contributed by atoms with Gasteiger partial charge in [0.25, 0.3) is 0 Å². The van der Waals surface area contributed by atoms with Gasteiger partial charge in [0.15, 0.2) is 0 Å². The van der Waals surface area contributed by atoms with Crippen LogP contribution < -0.4 is 5.32 Å². The van der Waals surface area contributed by atoms with Crippen molar-refractivity contribution in [3.8, 4) is 0 Å². The number of hydrogen-bond acceptors (Lipinski definition) is 2. The number of hydrogen-bond donors (Lipinski definition) is 1. The van der Waals surface area contributed by atoms with Gasteiger partial charge in [0.05, 0.1) is 0 Å². The van der Waals surface area contributed by atoms with E-state index < -0.39 is 0 Å². The Bertz CT molecular complexity index is 1180. The molecule has 212 valence electrons. The monoisotopic (exact) mass is 526 g/mol. The second kappa shape index (κ2) is 16.7. The van der Waals surface area contributed by atoms with Crippen LogP contribution in [0.1, 0.15) is 121 Å². The molecule has 1 N–H and O–H groups in total. The number of rotatable bonds is 9. The molecule has 1 aromatic heterocycles. The van der Waals surface area contributed by atoms with Gasteiger partial charge in [-0.1, -0.05) is 130 Å². The molecular weight excluding hydrogens is 472 g/mol. The van der Waals surface area contributed by atoms with E-state index in [1.807, 2.05) is 33.8 Å². The van der Waals surface area contributed by atoms with E-state index in [0.717, 1.165) is 36.3 Å². The van der Waals surface area contributed by atoms with E-state index in [9.17, 15) is 0 Å². The standard InChI is InChI=1S/C33H42N2.2C2H6/c1-9-13-28(21-26-14-12-15-29(22-26)33(6,7)8)31-23(4)20-30(11-3)35-32(31)34-24(5)27-18-16-25(10-2)17-19-27;2*1-2/h10,12-20,22,24H,2,9,11,21H2,1,3-8H3,(H,34,35);2*1-2H3/b28-13-;;. The maximum absolute atomic E-state index is 5.08. The third-order valence-corrected chi connectivity index (χ3v) is 6.62. The van der Waals surface area contributed by atoms with Crippen molar-refractivity contribution in [2.45, 2.75) is 107 Å². The van der Waals surface area contributed by atoms with Crippen LogP contribution in [0.3, 0.4) is 0 Å². The second-order valence-corrected chi connectivity index (χ2v) is 10.5. The summed E-state index contributed by atoms with van der Waals surface area (Å²) in [4.78, 5) is 5.08. The highest BCUT2D eigenvalue weighted by Gasteiger charge is 2.18. The molecule has 3 rings (SSSR count). The first-order chi connectivity index (χ1) is 18.7. The molecule has 0 aliphatic carbocycles. The summed E-state index contributed by atoms with van der Waals surface area (Å²) in [6.45, 7) is 27.5. The van der Waals surface area contributed by atoms with Crippen molar-refractivity contribution in [1.82, 2.24) is 4.98 Å². The predicted octanol–water partition coefficient (Wildman–Crippen LogP) is 11.2. The minimum Gasteiger partial charge on any atom is -0.363 e. The summed E-state index contributed by atoms with van der Waals surface area (Å²) >= 11 is 0. The number of nitrogens with one attached hydrogen (secondary N) is 1. The summed E-state index contributed by atoms with van der Waals surface area (Å²) in [5.74, 6) is 0.980. The van der Waals surface area contributed by atoms with E-state index >= 15 is 0 Å². The fraction of sp³-hybridized carbons (Fsp3) is 0.432. The lowest BCUT2D eigenvalue weighted by molar-refractivity contribution is 0.589. The number of pyridine rings is 1. The molecule has 0 aliphatic heterocycles. The summed E-state index contributed by atoms with van der Waals surface area (Å²) in [6, 6.07) is 20.0. The van der Waals surface area contributed by atoms with Crippen molar-refractivity contribution < 1.29 is 0 Å². The van der Waals surface area contributed by atoms with Gasteiger partial charge in [0, 0.05) is 17.3 Å². The van der Waals surface area contributed by atoms with Gasteiger partial charge in [0.2, 0.25) is 0 Å². The summed E-state index contributed by atoms with van der Waals surface area (Å²) in [6.07, 6.45) is 7.04. The van der Waals surface area contributed by atoms with E-state index in [1.165, 1.54) is 33.4 Å². The Kier molecular flexibility index (Phi) is 14.6. The molecule has 0 saturated heterocycles. The average molecular weight is 527 g/mol. The Morgan fingerprint density at radius 3 is 2.15 bits per heavy atom. The zero-order valence-corrected chi connectivity index (χ0v) is 26.7. The topological polar surface area (TPSA) is 24.9 Å². The molecule has 0 amide bonds. The Morgan fingerprint density at radius 2 is 1.62 bits per heavy atom. The van der Waals surface area contributed by atoms with Gasteiger partial charge in [-0.3, -0.25) is 0 Å². The fourth-order valence-electron chi connectivity index (χ4n) is 4.52. The molecule has 2 aromatic carbocycles. The molecule has 0 spiro atoms. The van der Waals surface area contributed by atoms with E-state index in [2.05, 4.69) is 121 Å².